The maximum absolute atomic E-state index is 12.3. The number of anilines is 1. The standard InChI is InChI=1S/C15H22N2O2/c1-3-12-10-13(5-4-11(12)2)17-14(18)15(16)6-8-19-9-7-15/h4-5,10H,3,6-9,16H2,1-2H3,(H,17,18). The minimum absolute atomic E-state index is 0.110. The molecule has 0 aliphatic carbocycles. The first-order valence-electron chi connectivity index (χ1n) is 6.83. The summed E-state index contributed by atoms with van der Waals surface area (Å²) in [5, 5.41) is 2.93. The van der Waals surface area contributed by atoms with Gasteiger partial charge in [-0.05, 0) is 49.4 Å². The number of carbonyl (C=O) groups is 1. The zero-order chi connectivity index (χ0) is 13.9. The number of ether oxygens (including phenoxy) is 1. The van der Waals surface area contributed by atoms with Crippen molar-refractivity contribution in [1.82, 2.24) is 0 Å². The average Bonchev–Trinajstić information content (AvgIpc) is 2.41. The number of nitrogens with one attached hydrogen (secondary N) is 1. The third-order valence-corrected chi connectivity index (χ3v) is 3.83. The number of aryl methyl sites for hydroxylation is 2. The Hall–Kier alpha value is -1.39. The van der Waals surface area contributed by atoms with Crippen molar-refractivity contribution in [2.45, 2.75) is 38.6 Å². The largest absolute Gasteiger partial charge is 0.381 e. The molecule has 1 aliphatic heterocycles. The van der Waals surface area contributed by atoms with Crippen LogP contribution in [-0.2, 0) is 16.0 Å². The Balaban J connectivity index is 2.10. The first-order valence-corrected chi connectivity index (χ1v) is 6.83. The first-order chi connectivity index (χ1) is 9.05. The molecule has 0 bridgehead atoms. The molecule has 1 fully saturated rings. The average molecular weight is 262 g/mol. The van der Waals surface area contributed by atoms with Crippen LogP contribution in [0.25, 0.3) is 0 Å². The minimum atomic E-state index is -0.796. The van der Waals surface area contributed by atoms with E-state index in [1.54, 1.807) is 0 Å². The summed E-state index contributed by atoms with van der Waals surface area (Å²) in [4.78, 5) is 12.3. The maximum Gasteiger partial charge on any atom is 0.244 e. The van der Waals surface area contributed by atoms with Crippen LogP contribution in [0.3, 0.4) is 0 Å². The molecule has 1 heterocycles. The Bertz CT molecular complexity index is 465. The fraction of sp³-hybridized carbons (Fsp3) is 0.533. The summed E-state index contributed by atoms with van der Waals surface area (Å²) in [5.74, 6) is -0.110. The van der Waals surface area contributed by atoms with Gasteiger partial charge >= 0.3 is 0 Å². The molecule has 2 rings (SSSR count). The van der Waals surface area contributed by atoms with Gasteiger partial charge in [-0.1, -0.05) is 13.0 Å². The Kier molecular flexibility index (Phi) is 4.22. The van der Waals surface area contributed by atoms with Crippen molar-refractivity contribution in [3.63, 3.8) is 0 Å². The molecule has 1 aromatic rings. The Labute approximate surface area is 114 Å². The van der Waals surface area contributed by atoms with Crippen LogP contribution >= 0.6 is 0 Å². The van der Waals surface area contributed by atoms with Crippen LogP contribution in [0.2, 0.25) is 0 Å². The van der Waals surface area contributed by atoms with Crippen molar-refractivity contribution < 1.29 is 9.53 Å². The summed E-state index contributed by atoms with van der Waals surface area (Å²) in [7, 11) is 0. The van der Waals surface area contributed by atoms with Gasteiger partial charge in [0.2, 0.25) is 5.91 Å². The molecular weight excluding hydrogens is 240 g/mol. The molecule has 1 aliphatic rings. The number of hydrogen-bond acceptors (Lipinski definition) is 3. The van der Waals surface area contributed by atoms with Gasteiger partial charge in [0.1, 0.15) is 5.54 Å². The highest BCUT2D eigenvalue weighted by Crippen LogP contribution is 2.21. The van der Waals surface area contributed by atoms with Gasteiger partial charge in [-0.2, -0.15) is 0 Å². The number of rotatable bonds is 3. The second-order valence-electron chi connectivity index (χ2n) is 5.22. The molecule has 19 heavy (non-hydrogen) atoms. The lowest BCUT2D eigenvalue weighted by Gasteiger charge is -2.31. The molecule has 1 amide bonds. The molecule has 0 spiro atoms. The molecule has 104 valence electrons. The van der Waals surface area contributed by atoms with E-state index in [0.29, 0.717) is 26.1 Å². The highest BCUT2D eigenvalue weighted by molar-refractivity contribution is 5.98. The Morgan fingerprint density at radius 2 is 2.11 bits per heavy atom. The van der Waals surface area contributed by atoms with E-state index in [9.17, 15) is 4.79 Å². The molecule has 1 aromatic carbocycles. The summed E-state index contributed by atoms with van der Waals surface area (Å²) in [5.41, 5.74) is 8.68. The van der Waals surface area contributed by atoms with E-state index in [1.807, 2.05) is 18.2 Å². The highest BCUT2D eigenvalue weighted by atomic mass is 16.5. The van der Waals surface area contributed by atoms with Crippen molar-refractivity contribution in [3.05, 3.63) is 29.3 Å². The fourth-order valence-corrected chi connectivity index (χ4v) is 2.35. The summed E-state index contributed by atoms with van der Waals surface area (Å²) in [6.07, 6.45) is 2.10. The van der Waals surface area contributed by atoms with E-state index in [4.69, 9.17) is 10.5 Å². The molecule has 0 atom stereocenters. The van der Waals surface area contributed by atoms with Crippen LogP contribution in [0, 0.1) is 6.92 Å². The maximum atomic E-state index is 12.3. The van der Waals surface area contributed by atoms with Gasteiger partial charge in [0, 0.05) is 18.9 Å². The predicted octanol–water partition coefficient (Wildman–Crippen LogP) is 2.00. The quantitative estimate of drug-likeness (QED) is 0.875. The highest BCUT2D eigenvalue weighted by Gasteiger charge is 2.35. The summed E-state index contributed by atoms with van der Waals surface area (Å²) in [6, 6.07) is 5.98. The molecule has 4 heteroatoms. The number of nitrogens with two attached hydrogens (primary N) is 1. The molecule has 4 nitrogen and oxygen atoms in total. The van der Waals surface area contributed by atoms with Crippen LogP contribution in [0.5, 0.6) is 0 Å². The summed E-state index contributed by atoms with van der Waals surface area (Å²) in [6.45, 7) is 5.29. The van der Waals surface area contributed by atoms with Crippen molar-refractivity contribution in [3.8, 4) is 0 Å². The third-order valence-electron chi connectivity index (χ3n) is 3.83. The number of amides is 1. The molecule has 0 aromatic heterocycles. The zero-order valence-electron chi connectivity index (χ0n) is 11.7. The zero-order valence-corrected chi connectivity index (χ0v) is 11.7. The predicted molar refractivity (Wildman–Crippen MR) is 76.2 cm³/mol. The molecular formula is C15H22N2O2. The fourth-order valence-electron chi connectivity index (χ4n) is 2.35. The molecule has 3 N–H and O–H groups in total. The Morgan fingerprint density at radius 3 is 2.74 bits per heavy atom. The SMILES string of the molecule is CCc1cc(NC(=O)C2(N)CCOCC2)ccc1C. The van der Waals surface area contributed by atoms with Crippen molar-refractivity contribution in [1.29, 1.82) is 0 Å². The monoisotopic (exact) mass is 262 g/mol. The van der Waals surface area contributed by atoms with Gasteiger partial charge in [-0.25, -0.2) is 0 Å². The number of benzene rings is 1. The van der Waals surface area contributed by atoms with Crippen LogP contribution in [-0.4, -0.2) is 24.7 Å². The normalized spacial score (nSPS) is 18.1. The van der Waals surface area contributed by atoms with E-state index >= 15 is 0 Å². The molecule has 0 saturated carbocycles. The van der Waals surface area contributed by atoms with E-state index < -0.39 is 5.54 Å². The Morgan fingerprint density at radius 1 is 1.42 bits per heavy atom. The third kappa shape index (κ3) is 3.14. The van der Waals surface area contributed by atoms with E-state index in [1.165, 1.54) is 11.1 Å². The number of carbonyl (C=O) groups excluding carboxylic acids is 1. The molecule has 0 unspecified atom stereocenters. The van der Waals surface area contributed by atoms with E-state index in [2.05, 4.69) is 19.2 Å². The lowest BCUT2D eigenvalue weighted by Crippen LogP contribution is -2.54. The molecule has 1 saturated heterocycles. The van der Waals surface area contributed by atoms with Crippen LogP contribution in [0.1, 0.15) is 30.9 Å². The lowest BCUT2D eigenvalue weighted by atomic mass is 9.90. The van der Waals surface area contributed by atoms with Gasteiger partial charge in [-0.3, -0.25) is 4.79 Å². The van der Waals surface area contributed by atoms with Gasteiger partial charge in [0.25, 0.3) is 0 Å². The van der Waals surface area contributed by atoms with E-state index in [0.717, 1.165) is 12.1 Å². The first kappa shape index (κ1) is 14.0. The second kappa shape index (κ2) is 5.72. The second-order valence-corrected chi connectivity index (χ2v) is 5.22. The van der Waals surface area contributed by atoms with Gasteiger partial charge < -0.3 is 15.8 Å². The van der Waals surface area contributed by atoms with Crippen LogP contribution in [0.15, 0.2) is 18.2 Å². The summed E-state index contributed by atoms with van der Waals surface area (Å²) < 4.78 is 5.26. The van der Waals surface area contributed by atoms with Crippen molar-refractivity contribution in [2.75, 3.05) is 18.5 Å². The van der Waals surface area contributed by atoms with Crippen molar-refractivity contribution >= 4 is 11.6 Å². The summed E-state index contributed by atoms with van der Waals surface area (Å²) >= 11 is 0. The topological polar surface area (TPSA) is 64.4 Å². The van der Waals surface area contributed by atoms with Crippen LogP contribution < -0.4 is 11.1 Å². The van der Waals surface area contributed by atoms with Gasteiger partial charge in [0.05, 0.1) is 0 Å². The minimum Gasteiger partial charge on any atom is -0.381 e. The lowest BCUT2D eigenvalue weighted by molar-refractivity contribution is -0.124. The smallest absolute Gasteiger partial charge is 0.244 e. The van der Waals surface area contributed by atoms with Gasteiger partial charge in [0.15, 0.2) is 0 Å². The van der Waals surface area contributed by atoms with Gasteiger partial charge in [-0.15, -0.1) is 0 Å². The van der Waals surface area contributed by atoms with Crippen molar-refractivity contribution in [2.24, 2.45) is 5.73 Å². The number of hydrogen-bond donors (Lipinski definition) is 2. The van der Waals surface area contributed by atoms with Crippen LogP contribution in [0.4, 0.5) is 5.69 Å². The molecule has 0 radical (unpaired) electrons. The van der Waals surface area contributed by atoms with E-state index in [-0.39, 0.29) is 5.91 Å².